The first kappa shape index (κ1) is 17.3. The first-order chi connectivity index (χ1) is 11.2. The Bertz CT molecular complexity index is 821. The van der Waals surface area contributed by atoms with E-state index in [-0.39, 0.29) is 17.0 Å². The molecule has 0 aliphatic heterocycles. The highest BCUT2D eigenvalue weighted by molar-refractivity contribution is 6.03. The number of hydrogen-bond acceptors (Lipinski definition) is 4. The van der Waals surface area contributed by atoms with Gasteiger partial charge in [-0.25, -0.2) is 0 Å². The van der Waals surface area contributed by atoms with Gasteiger partial charge in [0.25, 0.3) is 0 Å². The molecule has 0 aliphatic rings. The van der Waals surface area contributed by atoms with E-state index >= 15 is 0 Å². The highest BCUT2D eigenvalue weighted by atomic mass is 19.4. The number of hydrogen-bond donors (Lipinski definition) is 0. The molecule has 2 rings (SSSR count). The number of ketones is 2. The standard InChI is InChI=1S/C17H11F3N2O2/c1-10(23)11-2-4-12(5-3-11)16(24)14(9-21)15-8-13(6-7-22-15)17(18,19)20/h2-8,14H,1H3. The molecule has 1 aromatic carbocycles. The van der Waals surface area contributed by atoms with Crippen LogP contribution in [0.3, 0.4) is 0 Å². The molecule has 1 aromatic heterocycles. The summed E-state index contributed by atoms with van der Waals surface area (Å²) in [5.74, 6) is -2.33. The lowest BCUT2D eigenvalue weighted by molar-refractivity contribution is -0.137. The Morgan fingerprint density at radius 1 is 1.12 bits per heavy atom. The van der Waals surface area contributed by atoms with Crippen LogP contribution in [0.4, 0.5) is 13.2 Å². The first-order valence-electron chi connectivity index (χ1n) is 6.82. The molecule has 0 spiro atoms. The fourth-order valence-corrected chi connectivity index (χ4v) is 2.08. The number of benzene rings is 1. The Kier molecular flexibility index (Phi) is 4.79. The average molecular weight is 332 g/mol. The lowest BCUT2D eigenvalue weighted by atomic mass is 9.94. The van der Waals surface area contributed by atoms with Crippen molar-refractivity contribution in [2.24, 2.45) is 0 Å². The molecule has 4 nitrogen and oxygen atoms in total. The molecule has 0 radical (unpaired) electrons. The molecule has 0 fully saturated rings. The highest BCUT2D eigenvalue weighted by Gasteiger charge is 2.32. The second-order valence-corrected chi connectivity index (χ2v) is 5.03. The van der Waals surface area contributed by atoms with Gasteiger partial charge in [0.2, 0.25) is 0 Å². The summed E-state index contributed by atoms with van der Waals surface area (Å²) in [5, 5.41) is 9.20. The van der Waals surface area contributed by atoms with Crippen LogP contribution in [0.5, 0.6) is 0 Å². The van der Waals surface area contributed by atoms with Crippen LogP contribution in [0.1, 0.15) is 44.8 Å². The van der Waals surface area contributed by atoms with Gasteiger partial charge < -0.3 is 0 Å². The Hall–Kier alpha value is -3.01. The summed E-state index contributed by atoms with van der Waals surface area (Å²) in [4.78, 5) is 27.3. The Balaban J connectivity index is 2.36. The monoisotopic (exact) mass is 332 g/mol. The number of alkyl halides is 3. The number of carbonyl (C=O) groups excluding carboxylic acids is 2. The highest BCUT2D eigenvalue weighted by Crippen LogP contribution is 2.31. The van der Waals surface area contributed by atoms with E-state index in [1.807, 2.05) is 0 Å². The van der Waals surface area contributed by atoms with Crippen molar-refractivity contribution in [3.63, 3.8) is 0 Å². The third kappa shape index (κ3) is 3.66. The van der Waals surface area contributed by atoms with Crippen LogP contribution in [-0.2, 0) is 6.18 Å². The molecule has 0 N–H and O–H groups in total. The number of carbonyl (C=O) groups is 2. The van der Waals surface area contributed by atoms with E-state index in [0.29, 0.717) is 11.6 Å². The number of nitriles is 1. The number of halogens is 3. The van der Waals surface area contributed by atoms with Crippen LogP contribution in [-0.4, -0.2) is 16.6 Å². The maximum atomic E-state index is 12.8. The molecule has 0 aliphatic carbocycles. The lowest BCUT2D eigenvalue weighted by Gasteiger charge is -2.11. The fourth-order valence-electron chi connectivity index (χ4n) is 2.08. The molecule has 24 heavy (non-hydrogen) atoms. The topological polar surface area (TPSA) is 70.8 Å². The fraction of sp³-hybridized carbons (Fsp3) is 0.176. The van der Waals surface area contributed by atoms with Gasteiger partial charge in [0.1, 0.15) is 0 Å². The van der Waals surface area contributed by atoms with Gasteiger partial charge in [0.05, 0.1) is 17.3 Å². The van der Waals surface area contributed by atoms with Crippen LogP contribution in [0.15, 0.2) is 42.6 Å². The number of nitrogens with zero attached hydrogens (tertiary/aromatic N) is 2. The largest absolute Gasteiger partial charge is 0.416 e. The molecule has 0 saturated heterocycles. The Labute approximate surface area is 135 Å². The van der Waals surface area contributed by atoms with Gasteiger partial charge in [0, 0.05) is 17.3 Å². The van der Waals surface area contributed by atoms with Gasteiger partial charge in [-0.05, 0) is 19.1 Å². The minimum Gasteiger partial charge on any atom is -0.295 e. The van der Waals surface area contributed by atoms with Crippen molar-refractivity contribution < 1.29 is 22.8 Å². The number of rotatable bonds is 4. The molecule has 122 valence electrons. The van der Waals surface area contributed by atoms with E-state index in [1.54, 1.807) is 6.07 Å². The second kappa shape index (κ2) is 6.62. The van der Waals surface area contributed by atoms with E-state index in [9.17, 15) is 28.0 Å². The number of Topliss-reactive ketones (excluding diaryl/α,β-unsaturated/α-hetero) is 2. The van der Waals surface area contributed by atoms with E-state index < -0.39 is 23.4 Å². The van der Waals surface area contributed by atoms with E-state index in [4.69, 9.17) is 0 Å². The molecular formula is C17H11F3N2O2. The van der Waals surface area contributed by atoms with Crippen molar-refractivity contribution >= 4 is 11.6 Å². The summed E-state index contributed by atoms with van der Waals surface area (Å²) >= 11 is 0. The zero-order valence-electron chi connectivity index (χ0n) is 12.5. The summed E-state index contributed by atoms with van der Waals surface area (Å²) in [6.45, 7) is 1.36. The predicted octanol–water partition coefficient (Wildman–Crippen LogP) is 3.79. The molecule has 0 saturated carbocycles. The summed E-state index contributed by atoms with van der Waals surface area (Å²) in [6.07, 6.45) is -3.68. The molecule has 0 bridgehead atoms. The number of aromatic nitrogens is 1. The van der Waals surface area contributed by atoms with Crippen LogP contribution >= 0.6 is 0 Å². The lowest BCUT2D eigenvalue weighted by Crippen LogP contribution is -2.15. The Morgan fingerprint density at radius 2 is 1.71 bits per heavy atom. The third-order valence-corrected chi connectivity index (χ3v) is 3.37. The van der Waals surface area contributed by atoms with Gasteiger partial charge in [-0.3, -0.25) is 14.6 Å². The van der Waals surface area contributed by atoms with Crippen molar-refractivity contribution in [1.29, 1.82) is 5.26 Å². The molecule has 1 unspecified atom stereocenters. The van der Waals surface area contributed by atoms with Gasteiger partial charge >= 0.3 is 6.18 Å². The predicted molar refractivity (Wildman–Crippen MR) is 78.4 cm³/mol. The minimum atomic E-state index is -4.59. The van der Waals surface area contributed by atoms with Gasteiger partial charge in [0.15, 0.2) is 17.5 Å². The molecule has 1 atom stereocenters. The summed E-state index contributed by atoms with van der Waals surface area (Å²) in [6, 6.07) is 8.70. The maximum absolute atomic E-state index is 12.8. The second-order valence-electron chi connectivity index (χ2n) is 5.03. The van der Waals surface area contributed by atoms with Crippen molar-refractivity contribution in [1.82, 2.24) is 4.98 Å². The van der Waals surface area contributed by atoms with Gasteiger partial charge in [-0.15, -0.1) is 0 Å². The van der Waals surface area contributed by atoms with Crippen LogP contribution in [0.25, 0.3) is 0 Å². The van der Waals surface area contributed by atoms with Crippen LogP contribution in [0.2, 0.25) is 0 Å². The van der Waals surface area contributed by atoms with Crippen molar-refractivity contribution in [3.05, 3.63) is 65.0 Å². The Morgan fingerprint density at radius 3 is 2.21 bits per heavy atom. The zero-order chi connectivity index (χ0) is 17.9. The van der Waals surface area contributed by atoms with Crippen LogP contribution in [0, 0.1) is 11.3 Å². The minimum absolute atomic E-state index is 0.116. The number of pyridine rings is 1. The third-order valence-electron chi connectivity index (χ3n) is 3.37. The zero-order valence-corrected chi connectivity index (χ0v) is 12.5. The summed E-state index contributed by atoms with van der Waals surface area (Å²) in [5.41, 5.74) is -0.747. The smallest absolute Gasteiger partial charge is 0.295 e. The first-order valence-corrected chi connectivity index (χ1v) is 6.82. The van der Waals surface area contributed by atoms with Gasteiger partial charge in [-0.2, -0.15) is 18.4 Å². The molecule has 1 heterocycles. The molecular weight excluding hydrogens is 321 g/mol. The summed E-state index contributed by atoms with van der Waals surface area (Å²) in [7, 11) is 0. The SMILES string of the molecule is CC(=O)c1ccc(C(=O)C(C#N)c2cc(C(F)(F)F)ccn2)cc1. The maximum Gasteiger partial charge on any atom is 0.416 e. The van der Waals surface area contributed by atoms with Crippen molar-refractivity contribution in [2.75, 3.05) is 0 Å². The quantitative estimate of drug-likeness (QED) is 0.799. The normalized spacial score (nSPS) is 12.3. The molecule has 0 amide bonds. The molecule has 7 heteroatoms. The summed E-state index contributed by atoms with van der Waals surface area (Å²) < 4.78 is 38.3. The van der Waals surface area contributed by atoms with Gasteiger partial charge in [-0.1, -0.05) is 24.3 Å². The van der Waals surface area contributed by atoms with Crippen molar-refractivity contribution in [3.8, 4) is 6.07 Å². The molecule has 2 aromatic rings. The van der Waals surface area contributed by atoms with E-state index in [0.717, 1.165) is 12.3 Å². The average Bonchev–Trinajstić information content (AvgIpc) is 2.55. The van der Waals surface area contributed by atoms with E-state index in [2.05, 4.69) is 4.98 Å². The van der Waals surface area contributed by atoms with Crippen molar-refractivity contribution in [2.45, 2.75) is 19.0 Å². The van der Waals surface area contributed by atoms with Crippen LogP contribution < -0.4 is 0 Å². The van der Waals surface area contributed by atoms with E-state index in [1.165, 1.54) is 31.2 Å².